The summed E-state index contributed by atoms with van der Waals surface area (Å²) in [6, 6.07) is 5.19. The fourth-order valence-electron chi connectivity index (χ4n) is 1.88. The number of methoxy groups -OCH3 is 1. The summed E-state index contributed by atoms with van der Waals surface area (Å²) in [5.41, 5.74) is -0.596. The molecule has 0 bridgehead atoms. The highest BCUT2D eigenvalue weighted by molar-refractivity contribution is 8.03. The summed E-state index contributed by atoms with van der Waals surface area (Å²) >= 11 is 0.782. The molecule has 0 atom stereocenters. The van der Waals surface area contributed by atoms with Gasteiger partial charge < -0.3 is 9.47 Å². The Kier molecular flexibility index (Phi) is 4.21. The number of hydrogen-bond acceptors (Lipinski definition) is 4. The predicted molar refractivity (Wildman–Crippen MR) is 76.7 cm³/mol. The summed E-state index contributed by atoms with van der Waals surface area (Å²) in [5.74, 6) is -1.16. The van der Waals surface area contributed by atoms with E-state index in [1.54, 1.807) is 18.2 Å². The molecule has 0 saturated carbocycles. The standard InChI is InChI=1S/C15H15F3O3S/c1-14(2,3)8-5-6-9-10(7-8)22-13(21-9)11(12(19)20-4)15(16,17)18/h5-7H,1-4H3. The minimum atomic E-state index is -4.84. The van der Waals surface area contributed by atoms with Crippen molar-refractivity contribution in [1.82, 2.24) is 0 Å². The van der Waals surface area contributed by atoms with E-state index in [-0.39, 0.29) is 5.41 Å². The molecule has 0 saturated heterocycles. The molecule has 7 heteroatoms. The maximum Gasteiger partial charge on any atom is 0.427 e. The van der Waals surface area contributed by atoms with E-state index in [0.29, 0.717) is 10.6 Å². The van der Waals surface area contributed by atoms with Crippen LogP contribution in [0, 0.1) is 0 Å². The van der Waals surface area contributed by atoms with E-state index in [0.717, 1.165) is 24.4 Å². The normalized spacial score (nSPS) is 16.9. The van der Waals surface area contributed by atoms with Crippen LogP contribution in [0.2, 0.25) is 0 Å². The van der Waals surface area contributed by atoms with Crippen molar-refractivity contribution in [2.45, 2.75) is 37.3 Å². The average molecular weight is 332 g/mol. The lowest BCUT2D eigenvalue weighted by atomic mass is 9.87. The SMILES string of the molecule is COC(=O)C(=C1Oc2ccc(C(C)(C)C)cc2S1)C(F)(F)F. The van der Waals surface area contributed by atoms with Crippen LogP contribution in [0.1, 0.15) is 26.3 Å². The zero-order valence-electron chi connectivity index (χ0n) is 12.5. The number of hydrogen-bond donors (Lipinski definition) is 0. The number of halogens is 3. The average Bonchev–Trinajstić information content (AvgIpc) is 2.77. The number of thioether (sulfide) groups is 1. The van der Waals surface area contributed by atoms with Crippen LogP contribution in [-0.2, 0) is 14.9 Å². The van der Waals surface area contributed by atoms with Gasteiger partial charge >= 0.3 is 12.1 Å². The summed E-state index contributed by atoms with van der Waals surface area (Å²) in [7, 11) is 0.902. The second-order valence-electron chi connectivity index (χ2n) is 5.77. The number of esters is 1. The van der Waals surface area contributed by atoms with Crippen LogP contribution in [0.25, 0.3) is 0 Å². The Bertz CT molecular complexity index is 642. The monoisotopic (exact) mass is 332 g/mol. The van der Waals surface area contributed by atoms with Crippen LogP contribution in [0.4, 0.5) is 13.2 Å². The van der Waals surface area contributed by atoms with Crippen molar-refractivity contribution in [1.29, 1.82) is 0 Å². The Balaban J connectivity index is 2.46. The Morgan fingerprint density at radius 2 is 1.86 bits per heavy atom. The first-order valence-corrected chi connectivity index (χ1v) is 7.25. The molecule has 0 aliphatic carbocycles. The molecule has 120 valence electrons. The lowest BCUT2D eigenvalue weighted by Crippen LogP contribution is -2.23. The molecule has 1 aromatic rings. The molecule has 2 rings (SSSR count). The third kappa shape index (κ3) is 3.24. The maximum absolute atomic E-state index is 13.0. The Hall–Kier alpha value is -1.63. The van der Waals surface area contributed by atoms with Crippen molar-refractivity contribution in [3.05, 3.63) is 34.4 Å². The number of rotatable bonds is 1. The van der Waals surface area contributed by atoms with E-state index in [9.17, 15) is 18.0 Å². The van der Waals surface area contributed by atoms with Crippen LogP contribution in [0.5, 0.6) is 5.75 Å². The summed E-state index contributed by atoms with van der Waals surface area (Å²) in [6.45, 7) is 6.00. The van der Waals surface area contributed by atoms with E-state index in [2.05, 4.69) is 4.74 Å². The maximum atomic E-state index is 13.0. The second-order valence-corrected chi connectivity index (χ2v) is 6.78. The molecular formula is C15H15F3O3S. The van der Waals surface area contributed by atoms with Gasteiger partial charge in [-0.15, -0.1) is 0 Å². The van der Waals surface area contributed by atoms with Crippen LogP contribution < -0.4 is 4.74 Å². The number of fused-ring (bicyclic) bond motifs is 1. The van der Waals surface area contributed by atoms with E-state index in [4.69, 9.17) is 4.74 Å². The zero-order chi connectivity index (χ0) is 16.7. The van der Waals surface area contributed by atoms with Gasteiger partial charge in [0, 0.05) is 0 Å². The highest BCUT2D eigenvalue weighted by Crippen LogP contribution is 2.48. The smallest absolute Gasteiger partial charge is 0.427 e. The molecule has 0 aromatic heterocycles. The van der Waals surface area contributed by atoms with Gasteiger partial charge in [-0.05, 0) is 34.9 Å². The fraction of sp³-hybridized carbons (Fsp3) is 0.400. The van der Waals surface area contributed by atoms with Gasteiger partial charge in [-0.1, -0.05) is 26.8 Å². The van der Waals surface area contributed by atoms with Crippen molar-refractivity contribution < 1.29 is 27.4 Å². The molecule has 0 N–H and O–H groups in total. The summed E-state index contributed by atoms with van der Waals surface area (Å²) in [4.78, 5) is 12.0. The van der Waals surface area contributed by atoms with Crippen molar-refractivity contribution in [2.24, 2.45) is 0 Å². The molecule has 0 spiro atoms. The predicted octanol–water partition coefficient (Wildman–Crippen LogP) is 4.42. The van der Waals surface area contributed by atoms with E-state index < -0.39 is 22.8 Å². The van der Waals surface area contributed by atoms with Gasteiger partial charge in [-0.2, -0.15) is 13.2 Å². The Labute approximate surface area is 130 Å². The van der Waals surface area contributed by atoms with Crippen molar-refractivity contribution in [3.63, 3.8) is 0 Å². The molecular weight excluding hydrogens is 317 g/mol. The molecule has 1 heterocycles. The molecule has 0 radical (unpaired) electrons. The largest absolute Gasteiger partial charge is 0.465 e. The molecule has 1 aliphatic rings. The highest BCUT2D eigenvalue weighted by Gasteiger charge is 2.45. The first kappa shape index (κ1) is 16.7. The highest BCUT2D eigenvalue weighted by atomic mass is 32.2. The third-order valence-electron chi connectivity index (χ3n) is 3.09. The number of benzene rings is 1. The van der Waals surface area contributed by atoms with Crippen LogP contribution in [0.15, 0.2) is 33.8 Å². The fourth-order valence-corrected chi connectivity index (χ4v) is 2.91. The molecule has 0 unspecified atom stereocenters. The summed E-state index contributed by atoms with van der Waals surface area (Å²) < 4.78 is 48.6. The van der Waals surface area contributed by atoms with Crippen molar-refractivity contribution >= 4 is 17.7 Å². The minimum Gasteiger partial charge on any atom is -0.465 e. The lowest BCUT2D eigenvalue weighted by molar-refractivity contribution is -0.148. The topological polar surface area (TPSA) is 35.5 Å². The number of carbonyl (C=O) groups excluding carboxylic acids is 1. The van der Waals surface area contributed by atoms with Crippen LogP contribution in [-0.4, -0.2) is 19.3 Å². The van der Waals surface area contributed by atoms with Gasteiger partial charge in [0.25, 0.3) is 0 Å². The first-order chi connectivity index (χ1) is 10.0. The Morgan fingerprint density at radius 1 is 1.23 bits per heavy atom. The lowest BCUT2D eigenvalue weighted by Gasteiger charge is -2.19. The second kappa shape index (κ2) is 5.53. The molecule has 22 heavy (non-hydrogen) atoms. The van der Waals surface area contributed by atoms with Crippen molar-refractivity contribution in [3.8, 4) is 5.75 Å². The minimum absolute atomic E-state index is 0.142. The van der Waals surface area contributed by atoms with E-state index >= 15 is 0 Å². The number of alkyl halides is 3. The summed E-state index contributed by atoms with van der Waals surface area (Å²) in [6.07, 6.45) is -4.84. The summed E-state index contributed by atoms with van der Waals surface area (Å²) in [5, 5.41) is -0.500. The van der Waals surface area contributed by atoms with Gasteiger partial charge in [0.15, 0.2) is 10.7 Å². The van der Waals surface area contributed by atoms with E-state index in [1.807, 2.05) is 20.8 Å². The number of ether oxygens (including phenoxy) is 2. The van der Waals surface area contributed by atoms with Crippen LogP contribution >= 0.6 is 11.8 Å². The van der Waals surface area contributed by atoms with Gasteiger partial charge in [0.1, 0.15) is 5.75 Å². The quantitative estimate of drug-likeness (QED) is 0.563. The van der Waals surface area contributed by atoms with E-state index in [1.165, 1.54) is 0 Å². The molecule has 1 aliphatic heterocycles. The van der Waals surface area contributed by atoms with Gasteiger partial charge in [0.2, 0.25) is 0 Å². The van der Waals surface area contributed by atoms with Crippen molar-refractivity contribution in [2.75, 3.05) is 7.11 Å². The van der Waals surface area contributed by atoms with Gasteiger partial charge in [-0.25, -0.2) is 4.79 Å². The first-order valence-electron chi connectivity index (χ1n) is 6.44. The van der Waals surface area contributed by atoms with Crippen LogP contribution in [0.3, 0.4) is 0 Å². The zero-order valence-corrected chi connectivity index (χ0v) is 13.3. The van der Waals surface area contributed by atoms with Gasteiger partial charge in [0.05, 0.1) is 12.0 Å². The molecule has 0 amide bonds. The molecule has 0 fully saturated rings. The Morgan fingerprint density at radius 3 is 2.36 bits per heavy atom. The van der Waals surface area contributed by atoms with Gasteiger partial charge in [-0.3, -0.25) is 0 Å². The molecule has 1 aromatic carbocycles. The molecule has 3 nitrogen and oxygen atoms in total. The number of carbonyl (C=O) groups is 1. The third-order valence-corrected chi connectivity index (χ3v) is 4.10.